The molecule has 0 saturated heterocycles. The number of rotatable bonds is 9. The third-order valence-electron chi connectivity index (χ3n) is 5.25. The molecule has 2 amide bonds. The van der Waals surface area contributed by atoms with Crippen LogP contribution in [-0.2, 0) is 13.1 Å². The van der Waals surface area contributed by atoms with Crippen LogP contribution in [0.4, 0.5) is 0 Å². The zero-order valence-corrected chi connectivity index (χ0v) is 19.6. The van der Waals surface area contributed by atoms with Gasteiger partial charge in [-0.15, -0.1) is 0 Å². The first kappa shape index (κ1) is 23.6. The molecule has 0 bridgehead atoms. The molecule has 0 radical (unpaired) electrons. The summed E-state index contributed by atoms with van der Waals surface area (Å²) < 4.78 is 3.59. The highest BCUT2D eigenvalue weighted by Crippen LogP contribution is 2.20. The van der Waals surface area contributed by atoms with E-state index in [1.807, 2.05) is 53.9 Å². The Morgan fingerprint density at radius 1 is 0.800 bits per heavy atom. The molecule has 0 aliphatic heterocycles. The van der Waals surface area contributed by atoms with Crippen LogP contribution in [-0.4, -0.2) is 68.4 Å². The van der Waals surface area contributed by atoms with Crippen molar-refractivity contribution in [3.05, 3.63) is 34.9 Å². The van der Waals surface area contributed by atoms with Gasteiger partial charge in [0.2, 0.25) is 0 Å². The second-order valence-corrected chi connectivity index (χ2v) is 8.33. The molecule has 8 heteroatoms. The van der Waals surface area contributed by atoms with Crippen LogP contribution in [0.5, 0.6) is 0 Å². The van der Waals surface area contributed by atoms with Gasteiger partial charge in [0.15, 0.2) is 0 Å². The predicted octanol–water partition coefficient (Wildman–Crippen LogP) is 3.21. The number of carbonyl (C=O) groups excluding carboxylic acids is 2. The van der Waals surface area contributed by atoms with E-state index in [1.54, 1.807) is 33.3 Å². The zero-order valence-electron chi connectivity index (χ0n) is 19.6. The number of amides is 2. The highest BCUT2D eigenvalue weighted by molar-refractivity contribution is 5.96. The first-order chi connectivity index (χ1) is 14.1. The maximum absolute atomic E-state index is 13.0. The summed E-state index contributed by atoms with van der Waals surface area (Å²) >= 11 is 0. The Labute approximate surface area is 179 Å². The van der Waals surface area contributed by atoms with Gasteiger partial charge in [0.05, 0.1) is 22.5 Å². The Kier molecular flexibility index (Phi) is 7.81. The number of carbonyl (C=O) groups is 2. The van der Waals surface area contributed by atoms with Crippen molar-refractivity contribution in [1.29, 1.82) is 0 Å². The highest BCUT2D eigenvalue weighted by atomic mass is 16.2. The molecule has 0 aromatic carbocycles. The summed E-state index contributed by atoms with van der Waals surface area (Å²) in [4.78, 5) is 29.3. The van der Waals surface area contributed by atoms with Crippen molar-refractivity contribution in [2.45, 2.75) is 66.5 Å². The largest absolute Gasteiger partial charge is 0.340 e. The third-order valence-corrected chi connectivity index (χ3v) is 5.25. The SMILES string of the molecule is CCn1cc(C(=O)N(C)CCN(C)C(=O)c2cn(CC)nc2C(C)C)c(C(C)C)n1. The number of likely N-dealkylation sites (N-methyl/N-ethyl adjacent to an activating group) is 2. The molecule has 2 aromatic heterocycles. The van der Waals surface area contributed by atoms with Crippen molar-refractivity contribution >= 4 is 11.8 Å². The molecule has 2 heterocycles. The number of nitrogens with zero attached hydrogens (tertiary/aromatic N) is 6. The average Bonchev–Trinajstić information content (AvgIpc) is 3.34. The lowest BCUT2D eigenvalue weighted by Gasteiger charge is -2.23. The molecule has 30 heavy (non-hydrogen) atoms. The Balaban J connectivity index is 2.08. The molecule has 0 aliphatic carbocycles. The summed E-state index contributed by atoms with van der Waals surface area (Å²) in [6, 6.07) is 0. The van der Waals surface area contributed by atoms with Crippen molar-refractivity contribution in [2.75, 3.05) is 27.2 Å². The standard InChI is InChI=1S/C22H36N6O2/c1-9-27-13-17(19(23-27)15(3)4)21(29)25(7)11-12-26(8)22(30)18-14-28(10-2)24-20(18)16(5)6/h13-16H,9-12H2,1-8H3. The molecule has 0 unspecified atom stereocenters. The van der Waals surface area contributed by atoms with Gasteiger partial charge < -0.3 is 9.80 Å². The highest BCUT2D eigenvalue weighted by Gasteiger charge is 2.24. The van der Waals surface area contributed by atoms with E-state index in [0.29, 0.717) is 24.2 Å². The topological polar surface area (TPSA) is 76.3 Å². The second kappa shape index (κ2) is 9.91. The van der Waals surface area contributed by atoms with Gasteiger partial charge in [0.25, 0.3) is 11.8 Å². The maximum Gasteiger partial charge on any atom is 0.257 e. The Morgan fingerprint density at radius 2 is 1.13 bits per heavy atom. The zero-order chi connectivity index (χ0) is 22.6. The van der Waals surface area contributed by atoms with Crippen LogP contribution in [0.25, 0.3) is 0 Å². The molecular formula is C22H36N6O2. The van der Waals surface area contributed by atoms with Crippen LogP contribution in [0.3, 0.4) is 0 Å². The van der Waals surface area contributed by atoms with E-state index in [9.17, 15) is 9.59 Å². The molecule has 0 saturated carbocycles. The van der Waals surface area contributed by atoms with Crippen LogP contribution >= 0.6 is 0 Å². The van der Waals surface area contributed by atoms with Gasteiger partial charge in [0.1, 0.15) is 0 Å². The van der Waals surface area contributed by atoms with E-state index in [4.69, 9.17) is 0 Å². The lowest BCUT2D eigenvalue weighted by Crippen LogP contribution is -2.37. The van der Waals surface area contributed by atoms with Crippen molar-refractivity contribution in [3.63, 3.8) is 0 Å². The van der Waals surface area contributed by atoms with Crippen molar-refractivity contribution in [3.8, 4) is 0 Å². The van der Waals surface area contributed by atoms with Gasteiger partial charge in [0, 0.05) is 52.7 Å². The monoisotopic (exact) mass is 416 g/mol. The van der Waals surface area contributed by atoms with Crippen LogP contribution in [0, 0.1) is 0 Å². The van der Waals surface area contributed by atoms with Gasteiger partial charge >= 0.3 is 0 Å². The normalized spacial score (nSPS) is 11.4. The van der Waals surface area contributed by atoms with Crippen LogP contribution < -0.4 is 0 Å². The summed E-state index contributed by atoms with van der Waals surface area (Å²) in [5.41, 5.74) is 2.89. The Morgan fingerprint density at radius 3 is 1.40 bits per heavy atom. The van der Waals surface area contributed by atoms with Crippen molar-refractivity contribution in [2.24, 2.45) is 0 Å². The van der Waals surface area contributed by atoms with Crippen LogP contribution in [0.1, 0.15) is 85.5 Å². The minimum Gasteiger partial charge on any atom is -0.340 e. The van der Waals surface area contributed by atoms with E-state index < -0.39 is 0 Å². The summed E-state index contributed by atoms with van der Waals surface area (Å²) in [6.45, 7) is 14.5. The molecule has 0 aliphatic rings. The third kappa shape index (κ3) is 5.09. The fourth-order valence-electron chi connectivity index (χ4n) is 3.29. The first-order valence-electron chi connectivity index (χ1n) is 10.8. The lowest BCUT2D eigenvalue weighted by molar-refractivity contribution is 0.0717. The van der Waals surface area contributed by atoms with E-state index in [-0.39, 0.29) is 23.7 Å². The van der Waals surface area contributed by atoms with Gasteiger partial charge in [-0.3, -0.25) is 19.0 Å². The minimum atomic E-state index is -0.0686. The molecule has 2 aromatic rings. The summed E-state index contributed by atoms with van der Waals surface area (Å²) in [6.07, 6.45) is 3.63. The summed E-state index contributed by atoms with van der Waals surface area (Å²) in [7, 11) is 3.53. The number of aromatic nitrogens is 4. The van der Waals surface area contributed by atoms with Gasteiger partial charge in [-0.05, 0) is 25.7 Å². The second-order valence-electron chi connectivity index (χ2n) is 8.33. The van der Waals surface area contributed by atoms with E-state index in [2.05, 4.69) is 10.2 Å². The summed E-state index contributed by atoms with van der Waals surface area (Å²) in [5, 5.41) is 9.05. The molecule has 0 N–H and O–H groups in total. The average molecular weight is 417 g/mol. The van der Waals surface area contributed by atoms with Crippen molar-refractivity contribution < 1.29 is 9.59 Å². The molecule has 0 spiro atoms. The molecule has 8 nitrogen and oxygen atoms in total. The van der Waals surface area contributed by atoms with E-state index >= 15 is 0 Å². The van der Waals surface area contributed by atoms with Gasteiger partial charge in [-0.2, -0.15) is 10.2 Å². The van der Waals surface area contributed by atoms with Gasteiger partial charge in [-0.25, -0.2) is 0 Å². The quantitative estimate of drug-likeness (QED) is 0.629. The van der Waals surface area contributed by atoms with Crippen molar-refractivity contribution in [1.82, 2.24) is 29.4 Å². The van der Waals surface area contributed by atoms with Gasteiger partial charge in [-0.1, -0.05) is 27.7 Å². The number of hydrogen-bond acceptors (Lipinski definition) is 4. The fraction of sp³-hybridized carbons (Fsp3) is 0.636. The number of aryl methyl sites for hydroxylation is 2. The fourth-order valence-corrected chi connectivity index (χ4v) is 3.29. The van der Waals surface area contributed by atoms with Crippen LogP contribution in [0.15, 0.2) is 12.4 Å². The molecule has 0 fully saturated rings. The van der Waals surface area contributed by atoms with E-state index in [0.717, 1.165) is 24.5 Å². The molecule has 166 valence electrons. The first-order valence-corrected chi connectivity index (χ1v) is 10.8. The Bertz CT molecular complexity index is 808. The van der Waals surface area contributed by atoms with E-state index in [1.165, 1.54) is 0 Å². The smallest absolute Gasteiger partial charge is 0.257 e. The molecule has 0 atom stereocenters. The molecule has 2 rings (SSSR count). The number of hydrogen-bond donors (Lipinski definition) is 0. The van der Waals surface area contributed by atoms with Crippen LogP contribution in [0.2, 0.25) is 0 Å². The maximum atomic E-state index is 13.0. The lowest BCUT2D eigenvalue weighted by atomic mass is 10.1. The predicted molar refractivity (Wildman–Crippen MR) is 118 cm³/mol. The Hall–Kier alpha value is -2.64. The summed E-state index contributed by atoms with van der Waals surface area (Å²) in [5.74, 6) is 0.194. The molecular weight excluding hydrogens is 380 g/mol. The minimum absolute atomic E-state index is 0.0686.